The van der Waals surface area contributed by atoms with Gasteiger partial charge in [0.25, 0.3) is 0 Å². The Morgan fingerprint density at radius 1 is 1.29 bits per heavy atom. The molecular formula is C10H14N2O2. The molecule has 1 aliphatic rings. The van der Waals surface area contributed by atoms with Crippen LogP contribution in [0, 0.1) is 0 Å². The number of aromatic amines is 1. The van der Waals surface area contributed by atoms with Crippen molar-refractivity contribution in [1.82, 2.24) is 10.3 Å². The third-order valence-electron chi connectivity index (χ3n) is 2.75. The van der Waals surface area contributed by atoms with Crippen LogP contribution < -0.4 is 10.9 Å². The Kier molecular flexibility index (Phi) is 2.39. The summed E-state index contributed by atoms with van der Waals surface area (Å²) in [6.07, 6.45) is 2.99. The standard InChI is InChI=1S/C10H14N2O2/c13-9-2-1-8(7-12-9)10(14)3-5-11-6-4-10/h1-2,7,11,14H,3-6H2,(H,12,13). The molecule has 0 aromatic carbocycles. The van der Waals surface area contributed by atoms with Gasteiger partial charge in [-0.25, -0.2) is 0 Å². The lowest BCUT2D eigenvalue weighted by molar-refractivity contribution is 0.00561. The summed E-state index contributed by atoms with van der Waals surface area (Å²) in [4.78, 5) is 13.4. The van der Waals surface area contributed by atoms with Crippen LogP contribution in [0.4, 0.5) is 0 Å². The highest BCUT2D eigenvalue weighted by Crippen LogP contribution is 2.28. The van der Waals surface area contributed by atoms with Gasteiger partial charge in [-0.05, 0) is 37.6 Å². The van der Waals surface area contributed by atoms with Gasteiger partial charge in [0.1, 0.15) is 0 Å². The fraction of sp³-hybridized carbons (Fsp3) is 0.500. The van der Waals surface area contributed by atoms with Gasteiger partial charge in [-0.2, -0.15) is 0 Å². The van der Waals surface area contributed by atoms with Crippen LogP contribution in [0.5, 0.6) is 0 Å². The molecule has 0 aliphatic carbocycles. The number of H-pyrrole nitrogens is 1. The molecule has 1 aromatic heterocycles. The van der Waals surface area contributed by atoms with Crippen LogP contribution in [0.3, 0.4) is 0 Å². The van der Waals surface area contributed by atoms with E-state index in [4.69, 9.17) is 0 Å². The number of pyridine rings is 1. The fourth-order valence-electron chi connectivity index (χ4n) is 1.83. The number of piperidine rings is 1. The van der Waals surface area contributed by atoms with E-state index < -0.39 is 5.60 Å². The molecule has 0 saturated carbocycles. The molecule has 76 valence electrons. The normalized spacial score (nSPS) is 20.6. The summed E-state index contributed by atoms with van der Waals surface area (Å²) in [6, 6.07) is 3.15. The summed E-state index contributed by atoms with van der Waals surface area (Å²) < 4.78 is 0. The van der Waals surface area contributed by atoms with E-state index in [0.29, 0.717) is 12.8 Å². The zero-order chi connectivity index (χ0) is 10.0. The summed E-state index contributed by atoms with van der Waals surface area (Å²) in [6.45, 7) is 1.63. The highest BCUT2D eigenvalue weighted by molar-refractivity contribution is 5.18. The lowest BCUT2D eigenvalue weighted by atomic mass is 9.86. The van der Waals surface area contributed by atoms with E-state index in [1.807, 2.05) is 0 Å². The molecule has 3 N–H and O–H groups in total. The van der Waals surface area contributed by atoms with E-state index in [1.165, 1.54) is 6.07 Å². The Balaban J connectivity index is 2.28. The third kappa shape index (κ3) is 1.71. The van der Waals surface area contributed by atoms with Crippen LogP contribution in [0.1, 0.15) is 18.4 Å². The molecule has 1 aliphatic heterocycles. The summed E-state index contributed by atoms with van der Waals surface area (Å²) in [7, 11) is 0. The number of nitrogens with one attached hydrogen (secondary N) is 2. The number of aromatic nitrogens is 1. The topological polar surface area (TPSA) is 65.1 Å². The van der Waals surface area contributed by atoms with E-state index in [2.05, 4.69) is 10.3 Å². The third-order valence-corrected chi connectivity index (χ3v) is 2.75. The number of hydrogen-bond acceptors (Lipinski definition) is 3. The van der Waals surface area contributed by atoms with Crippen LogP contribution in [0.2, 0.25) is 0 Å². The monoisotopic (exact) mass is 194 g/mol. The summed E-state index contributed by atoms with van der Waals surface area (Å²) >= 11 is 0. The molecule has 0 amide bonds. The van der Waals surface area contributed by atoms with Gasteiger partial charge in [-0.1, -0.05) is 0 Å². The van der Waals surface area contributed by atoms with Gasteiger partial charge in [0.2, 0.25) is 5.56 Å². The van der Waals surface area contributed by atoms with E-state index in [1.54, 1.807) is 12.3 Å². The molecule has 4 nitrogen and oxygen atoms in total. The van der Waals surface area contributed by atoms with E-state index in [-0.39, 0.29) is 5.56 Å². The zero-order valence-electron chi connectivity index (χ0n) is 7.92. The minimum absolute atomic E-state index is 0.133. The molecule has 0 unspecified atom stereocenters. The maximum absolute atomic E-state index is 10.9. The summed E-state index contributed by atoms with van der Waals surface area (Å²) in [5, 5.41) is 13.5. The molecule has 0 radical (unpaired) electrons. The van der Waals surface area contributed by atoms with Crippen molar-refractivity contribution in [2.24, 2.45) is 0 Å². The van der Waals surface area contributed by atoms with Crippen LogP contribution in [0.15, 0.2) is 23.1 Å². The summed E-state index contributed by atoms with van der Waals surface area (Å²) in [5.74, 6) is 0. The molecule has 4 heteroatoms. The smallest absolute Gasteiger partial charge is 0.247 e. The van der Waals surface area contributed by atoms with Crippen LogP contribution >= 0.6 is 0 Å². The second-order valence-corrected chi connectivity index (χ2v) is 3.72. The minimum Gasteiger partial charge on any atom is -0.385 e. The Bertz CT molecular complexity index is 346. The first-order valence-corrected chi connectivity index (χ1v) is 4.83. The second-order valence-electron chi connectivity index (χ2n) is 3.72. The van der Waals surface area contributed by atoms with Gasteiger partial charge in [0, 0.05) is 12.3 Å². The Labute approximate surface area is 82.0 Å². The lowest BCUT2D eigenvalue weighted by Gasteiger charge is -2.32. The minimum atomic E-state index is -0.768. The quantitative estimate of drug-likeness (QED) is 0.587. The molecule has 0 bridgehead atoms. The predicted octanol–water partition coefficient (Wildman–Crippen LogP) is -0.0541. The van der Waals surface area contributed by atoms with Crippen LogP contribution in [-0.4, -0.2) is 23.2 Å². The lowest BCUT2D eigenvalue weighted by Crippen LogP contribution is -2.39. The molecule has 1 fully saturated rings. The van der Waals surface area contributed by atoms with Crippen molar-refractivity contribution >= 4 is 0 Å². The van der Waals surface area contributed by atoms with E-state index >= 15 is 0 Å². The van der Waals surface area contributed by atoms with Crippen LogP contribution in [0.25, 0.3) is 0 Å². The van der Waals surface area contributed by atoms with Gasteiger partial charge in [-0.15, -0.1) is 0 Å². The van der Waals surface area contributed by atoms with Crippen molar-refractivity contribution in [2.45, 2.75) is 18.4 Å². The molecule has 0 atom stereocenters. The molecule has 1 saturated heterocycles. The zero-order valence-corrected chi connectivity index (χ0v) is 7.92. The van der Waals surface area contributed by atoms with Crippen molar-refractivity contribution in [1.29, 1.82) is 0 Å². The van der Waals surface area contributed by atoms with Crippen LogP contribution in [-0.2, 0) is 5.60 Å². The molecule has 2 heterocycles. The second kappa shape index (κ2) is 3.55. The van der Waals surface area contributed by atoms with Crippen molar-refractivity contribution < 1.29 is 5.11 Å². The molecule has 14 heavy (non-hydrogen) atoms. The molecule has 2 rings (SSSR count). The molecule has 0 spiro atoms. The first-order valence-electron chi connectivity index (χ1n) is 4.83. The maximum atomic E-state index is 10.9. The molecule has 1 aromatic rings. The largest absolute Gasteiger partial charge is 0.385 e. The highest BCUT2D eigenvalue weighted by Gasteiger charge is 2.30. The van der Waals surface area contributed by atoms with Gasteiger partial charge in [0.05, 0.1) is 5.60 Å². The van der Waals surface area contributed by atoms with E-state index in [0.717, 1.165) is 18.7 Å². The van der Waals surface area contributed by atoms with Crippen molar-refractivity contribution in [3.8, 4) is 0 Å². The maximum Gasteiger partial charge on any atom is 0.247 e. The van der Waals surface area contributed by atoms with Gasteiger partial charge in [0.15, 0.2) is 0 Å². The number of hydrogen-bond donors (Lipinski definition) is 3. The van der Waals surface area contributed by atoms with Gasteiger partial charge >= 0.3 is 0 Å². The first kappa shape index (κ1) is 9.43. The van der Waals surface area contributed by atoms with Crippen molar-refractivity contribution in [2.75, 3.05) is 13.1 Å². The van der Waals surface area contributed by atoms with Gasteiger partial charge < -0.3 is 15.4 Å². The number of aliphatic hydroxyl groups is 1. The van der Waals surface area contributed by atoms with Crippen molar-refractivity contribution in [3.05, 3.63) is 34.2 Å². The Hall–Kier alpha value is -1.13. The van der Waals surface area contributed by atoms with Gasteiger partial charge in [-0.3, -0.25) is 4.79 Å². The molecular weight excluding hydrogens is 180 g/mol. The Morgan fingerprint density at radius 2 is 2.00 bits per heavy atom. The highest BCUT2D eigenvalue weighted by atomic mass is 16.3. The predicted molar refractivity (Wildman–Crippen MR) is 53.1 cm³/mol. The average Bonchev–Trinajstić information content (AvgIpc) is 2.19. The number of rotatable bonds is 1. The Morgan fingerprint density at radius 3 is 2.57 bits per heavy atom. The van der Waals surface area contributed by atoms with E-state index in [9.17, 15) is 9.90 Å². The average molecular weight is 194 g/mol. The SMILES string of the molecule is O=c1ccc(C2(O)CCNCC2)c[nH]1. The summed E-state index contributed by atoms with van der Waals surface area (Å²) in [5.41, 5.74) is -0.0972. The van der Waals surface area contributed by atoms with Crippen molar-refractivity contribution in [3.63, 3.8) is 0 Å². The first-order chi connectivity index (χ1) is 6.71. The fourth-order valence-corrected chi connectivity index (χ4v) is 1.83.